The van der Waals surface area contributed by atoms with Crippen molar-refractivity contribution in [1.29, 1.82) is 0 Å². The molecule has 2 aromatic rings. The number of pyridine rings is 1. The number of amides is 1. The number of aromatic nitrogens is 1. The van der Waals surface area contributed by atoms with E-state index in [-0.39, 0.29) is 18.0 Å². The van der Waals surface area contributed by atoms with Gasteiger partial charge in [0.2, 0.25) is 5.91 Å². The van der Waals surface area contributed by atoms with E-state index in [1.807, 2.05) is 43.3 Å². The molecule has 0 radical (unpaired) electrons. The number of carbonyl (C=O) groups excluding carboxylic acids is 1. The highest BCUT2D eigenvalue weighted by atomic mass is 16.5. The van der Waals surface area contributed by atoms with Crippen molar-refractivity contribution >= 4 is 11.6 Å². The second-order valence-electron chi connectivity index (χ2n) is 5.33. The molecule has 1 aliphatic heterocycles. The molecule has 2 atom stereocenters. The second kappa shape index (κ2) is 7.21. The van der Waals surface area contributed by atoms with Crippen LogP contribution in [0.15, 0.2) is 48.8 Å². The number of hydrazine groups is 1. The maximum atomic E-state index is 12.5. The molecule has 1 fully saturated rings. The molecule has 1 amide bonds. The first-order valence-corrected chi connectivity index (χ1v) is 7.71. The fourth-order valence-electron chi connectivity index (χ4n) is 2.61. The number of hydrogen-bond donors (Lipinski definition) is 3. The molecule has 6 nitrogen and oxygen atoms in total. The molecule has 1 aromatic carbocycles. The number of para-hydroxylation sites is 2. The van der Waals surface area contributed by atoms with Crippen molar-refractivity contribution in [2.24, 2.45) is 0 Å². The minimum Gasteiger partial charge on any atom is -0.492 e. The van der Waals surface area contributed by atoms with E-state index in [0.29, 0.717) is 24.5 Å². The Morgan fingerprint density at radius 1 is 1.26 bits per heavy atom. The molecular formula is C17H20N4O2. The fourth-order valence-corrected chi connectivity index (χ4v) is 2.61. The molecule has 6 heteroatoms. The van der Waals surface area contributed by atoms with Crippen molar-refractivity contribution in [3.63, 3.8) is 0 Å². The number of nitrogens with zero attached hydrogens (tertiary/aromatic N) is 1. The van der Waals surface area contributed by atoms with Gasteiger partial charge in [-0.15, -0.1) is 0 Å². The van der Waals surface area contributed by atoms with Gasteiger partial charge in [-0.25, -0.2) is 10.9 Å². The van der Waals surface area contributed by atoms with Gasteiger partial charge in [-0.3, -0.25) is 9.78 Å². The minimum atomic E-state index is -0.303. The summed E-state index contributed by atoms with van der Waals surface area (Å²) in [5.74, 6) is 0.598. The van der Waals surface area contributed by atoms with E-state index in [1.165, 1.54) is 0 Å². The molecule has 1 saturated heterocycles. The van der Waals surface area contributed by atoms with Gasteiger partial charge in [0.05, 0.1) is 12.3 Å². The van der Waals surface area contributed by atoms with Crippen LogP contribution in [0.5, 0.6) is 5.75 Å². The lowest BCUT2D eigenvalue weighted by Gasteiger charge is -2.14. The van der Waals surface area contributed by atoms with Crippen LogP contribution in [0.4, 0.5) is 5.69 Å². The lowest BCUT2D eigenvalue weighted by Crippen LogP contribution is -2.39. The molecule has 1 aromatic heterocycles. The van der Waals surface area contributed by atoms with Gasteiger partial charge in [-0.05, 0) is 43.2 Å². The summed E-state index contributed by atoms with van der Waals surface area (Å²) in [6.07, 6.45) is 4.18. The summed E-state index contributed by atoms with van der Waals surface area (Å²) in [5, 5.41) is 2.93. The molecule has 3 rings (SSSR count). The van der Waals surface area contributed by atoms with Gasteiger partial charge in [0, 0.05) is 18.4 Å². The Hall–Kier alpha value is -2.44. The number of hydrogen-bond acceptors (Lipinski definition) is 5. The summed E-state index contributed by atoms with van der Waals surface area (Å²) in [5.41, 5.74) is 8.01. The smallest absolute Gasteiger partial charge is 0.243 e. The molecule has 0 spiro atoms. The Labute approximate surface area is 135 Å². The number of carbonyl (C=O) groups is 1. The highest BCUT2D eigenvalue weighted by molar-refractivity contribution is 5.96. The first-order valence-electron chi connectivity index (χ1n) is 7.71. The third-order valence-electron chi connectivity index (χ3n) is 3.77. The van der Waals surface area contributed by atoms with E-state index in [2.05, 4.69) is 21.2 Å². The Morgan fingerprint density at radius 3 is 2.83 bits per heavy atom. The molecular weight excluding hydrogens is 292 g/mol. The number of nitrogens with one attached hydrogen (secondary N) is 3. The predicted molar refractivity (Wildman–Crippen MR) is 87.9 cm³/mol. The van der Waals surface area contributed by atoms with Gasteiger partial charge in [-0.1, -0.05) is 12.1 Å². The third-order valence-corrected chi connectivity index (χ3v) is 3.77. The van der Waals surface area contributed by atoms with Gasteiger partial charge in [-0.2, -0.15) is 0 Å². The Balaban J connectivity index is 1.64. The topological polar surface area (TPSA) is 75.3 Å². The Bertz CT molecular complexity index is 663. The maximum Gasteiger partial charge on any atom is 0.243 e. The lowest BCUT2D eigenvalue weighted by molar-refractivity contribution is -0.117. The summed E-state index contributed by atoms with van der Waals surface area (Å²) >= 11 is 0. The third kappa shape index (κ3) is 3.67. The molecule has 120 valence electrons. The van der Waals surface area contributed by atoms with Crippen LogP contribution < -0.4 is 20.9 Å². The van der Waals surface area contributed by atoms with Crippen molar-refractivity contribution in [1.82, 2.24) is 15.8 Å². The SMILES string of the molecule is CCOc1ccccc1NC(=O)C1CC(c2ccncc2)NN1. The highest BCUT2D eigenvalue weighted by Gasteiger charge is 2.30. The van der Waals surface area contributed by atoms with E-state index in [1.54, 1.807) is 12.4 Å². The van der Waals surface area contributed by atoms with Gasteiger partial charge >= 0.3 is 0 Å². The fraction of sp³-hybridized carbons (Fsp3) is 0.294. The first-order chi connectivity index (χ1) is 11.3. The average Bonchev–Trinajstić information content (AvgIpc) is 3.08. The number of rotatable bonds is 5. The van der Waals surface area contributed by atoms with E-state index in [4.69, 9.17) is 4.74 Å². The van der Waals surface area contributed by atoms with Crippen molar-refractivity contribution in [2.45, 2.75) is 25.4 Å². The maximum absolute atomic E-state index is 12.5. The van der Waals surface area contributed by atoms with E-state index < -0.39 is 0 Å². The highest BCUT2D eigenvalue weighted by Crippen LogP contribution is 2.26. The Morgan fingerprint density at radius 2 is 2.04 bits per heavy atom. The van der Waals surface area contributed by atoms with Crippen LogP contribution in [-0.4, -0.2) is 23.5 Å². The van der Waals surface area contributed by atoms with Crippen LogP contribution in [0.1, 0.15) is 24.9 Å². The van der Waals surface area contributed by atoms with Crippen molar-refractivity contribution < 1.29 is 9.53 Å². The number of benzene rings is 1. The standard InChI is InChI=1S/C17H20N4O2/c1-2-23-16-6-4-3-5-13(16)19-17(22)15-11-14(20-21-15)12-7-9-18-10-8-12/h3-10,14-15,20-21H,2,11H2,1H3,(H,19,22). The van der Waals surface area contributed by atoms with Crippen LogP contribution in [-0.2, 0) is 4.79 Å². The van der Waals surface area contributed by atoms with Crippen LogP contribution in [0.25, 0.3) is 0 Å². The van der Waals surface area contributed by atoms with Gasteiger partial charge < -0.3 is 10.1 Å². The predicted octanol–water partition coefficient (Wildman–Crippen LogP) is 2.03. The molecule has 0 bridgehead atoms. The average molecular weight is 312 g/mol. The normalized spacial score (nSPS) is 20.2. The zero-order valence-corrected chi connectivity index (χ0v) is 13.0. The summed E-state index contributed by atoms with van der Waals surface area (Å²) in [7, 11) is 0. The van der Waals surface area contributed by atoms with Crippen LogP contribution in [0, 0.1) is 0 Å². The monoisotopic (exact) mass is 312 g/mol. The summed E-state index contributed by atoms with van der Waals surface area (Å²) in [6.45, 7) is 2.47. The zero-order valence-electron chi connectivity index (χ0n) is 13.0. The number of ether oxygens (including phenoxy) is 1. The zero-order chi connectivity index (χ0) is 16.1. The summed E-state index contributed by atoms with van der Waals surface area (Å²) in [4.78, 5) is 16.5. The molecule has 0 aliphatic carbocycles. The number of anilines is 1. The first kappa shape index (κ1) is 15.5. The molecule has 23 heavy (non-hydrogen) atoms. The van der Waals surface area contributed by atoms with E-state index in [0.717, 1.165) is 5.56 Å². The molecule has 0 saturated carbocycles. The minimum absolute atomic E-state index is 0.0822. The van der Waals surface area contributed by atoms with Crippen molar-refractivity contribution in [3.8, 4) is 5.75 Å². The molecule has 1 aliphatic rings. The lowest BCUT2D eigenvalue weighted by atomic mass is 10.0. The summed E-state index contributed by atoms with van der Waals surface area (Å²) in [6, 6.07) is 11.1. The molecule has 3 N–H and O–H groups in total. The summed E-state index contributed by atoms with van der Waals surface area (Å²) < 4.78 is 5.53. The quantitative estimate of drug-likeness (QED) is 0.787. The Kier molecular flexibility index (Phi) is 4.85. The van der Waals surface area contributed by atoms with Gasteiger partial charge in [0.25, 0.3) is 0 Å². The van der Waals surface area contributed by atoms with Gasteiger partial charge in [0.1, 0.15) is 11.8 Å². The van der Waals surface area contributed by atoms with E-state index >= 15 is 0 Å². The van der Waals surface area contributed by atoms with E-state index in [9.17, 15) is 4.79 Å². The van der Waals surface area contributed by atoms with Crippen molar-refractivity contribution in [3.05, 3.63) is 54.4 Å². The second-order valence-corrected chi connectivity index (χ2v) is 5.33. The molecule has 2 heterocycles. The van der Waals surface area contributed by atoms with Crippen LogP contribution in [0.2, 0.25) is 0 Å². The van der Waals surface area contributed by atoms with Gasteiger partial charge in [0.15, 0.2) is 0 Å². The van der Waals surface area contributed by atoms with Crippen molar-refractivity contribution in [2.75, 3.05) is 11.9 Å². The van der Waals surface area contributed by atoms with Crippen LogP contribution in [0.3, 0.4) is 0 Å². The largest absolute Gasteiger partial charge is 0.492 e. The molecule has 2 unspecified atom stereocenters. The van der Waals surface area contributed by atoms with Crippen LogP contribution >= 0.6 is 0 Å².